The lowest BCUT2D eigenvalue weighted by atomic mass is 10.2. The van der Waals surface area contributed by atoms with Crippen molar-refractivity contribution in [3.8, 4) is 0 Å². The molecule has 2 heterocycles. The number of aromatic nitrogens is 4. The minimum Gasteiger partial charge on any atom is -0.325 e. The molecular weight excluding hydrogens is 320 g/mol. The summed E-state index contributed by atoms with van der Waals surface area (Å²) in [5.74, 6) is 0.129. The van der Waals surface area contributed by atoms with Crippen LogP contribution in [0.5, 0.6) is 0 Å². The number of fused-ring (bicyclic) bond motifs is 1. The third kappa shape index (κ3) is 4.27. The van der Waals surface area contributed by atoms with Gasteiger partial charge in [0.1, 0.15) is 5.78 Å². The van der Waals surface area contributed by atoms with Crippen LogP contribution in [0, 0.1) is 0 Å². The standard InChI is InChI=1S/C18H28N4O3/c1-4-6-11-21-16-15(20(10-5-2)13-19-16)17(24)22(18(21)25)12-8-7-9-14(3)23/h13H,4-12H2,1-3H3. The van der Waals surface area contributed by atoms with Gasteiger partial charge in [-0.25, -0.2) is 9.78 Å². The highest BCUT2D eigenvalue weighted by molar-refractivity contribution is 5.75. The van der Waals surface area contributed by atoms with E-state index in [-0.39, 0.29) is 17.0 Å². The molecule has 0 aliphatic rings. The van der Waals surface area contributed by atoms with E-state index in [0.29, 0.717) is 50.1 Å². The Morgan fingerprint density at radius 2 is 1.72 bits per heavy atom. The zero-order valence-corrected chi connectivity index (χ0v) is 15.5. The predicted octanol–water partition coefficient (Wildman–Crippen LogP) is 2.33. The van der Waals surface area contributed by atoms with Crippen molar-refractivity contribution in [3.05, 3.63) is 27.2 Å². The first-order valence-electron chi connectivity index (χ1n) is 9.19. The topological polar surface area (TPSA) is 78.9 Å². The summed E-state index contributed by atoms with van der Waals surface area (Å²) in [4.78, 5) is 41.1. The number of imidazole rings is 1. The molecule has 0 saturated carbocycles. The highest BCUT2D eigenvalue weighted by atomic mass is 16.2. The van der Waals surface area contributed by atoms with Crippen LogP contribution >= 0.6 is 0 Å². The fraction of sp³-hybridized carbons (Fsp3) is 0.667. The minimum absolute atomic E-state index is 0.129. The second-order valence-electron chi connectivity index (χ2n) is 6.51. The highest BCUT2D eigenvalue weighted by Crippen LogP contribution is 2.09. The van der Waals surface area contributed by atoms with Crippen LogP contribution in [0.25, 0.3) is 11.2 Å². The van der Waals surface area contributed by atoms with Crippen LogP contribution < -0.4 is 11.2 Å². The molecule has 0 aliphatic carbocycles. The quantitative estimate of drug-likeness (QED) is 0.617. The molecule has 0 fully saturated rings. The first kappa shape index (κ1) is 19.1. The summed E-state index contributed by atoms with van der Waals surface area (Å²) in [6.07, 6.45) is 6.15. The van der Waals surface area contributed by atoms with Gasteiger partial charge in [-0.05, 0) is 32.6 Å². The van der Waals surface area contributed by atoms with E-state index in [1.165, 1.54) is 4.57 Å². The largest absolute Gasteiger partial charge is 0.332 e. The molecule has 0 amide bonds. The molecule has 25 heavy (non-hydrogen) atoms. The van der Waals surface area contributed by atoms with Gasteiger partial charge in [-0.2, -0.15) is 0 Å². The Balaban J connectivity index is 2.48. The second kappa shape index (κ2) is 8.78. The van der Waals surface area contributed by atoms with Gasteiger partial charge in [0, 0.05) is 26.1 Å². The Morgan fingerprint density at radius 3 is 2.36 bits per heavy atom. The molecule has 0 atom stereocenters. The average molecular weight is 348 g/mol. The summed E-state index contributed by atoms with van der Waals surface area (Å²) in [6.45, 7) is 7.25. The van der Waals surface area contributed by atoms with Crippen LogP contribution in [-0.2, 0) is 24.4 Å². The number of hydrogen-bond donors (Lipinski definition) is 0. The van der Waals surface area contributed by atoms with Gasteiger partial charge in [-0.3, -0.25) is 13.9 Å². The maximum atomic E-state index is 12.9. The summed E-state index contributed by atoms with van der Waals surface area (Å²) in [7, 11) is 0. The fourth-order valence-electron chi connectivity index (χ4n) is 3.01. The van der Waals surface area contributed by atoms with E-state index in [9.17, 15) is 14.4 Å². The summed E-state index contributed by atoms with van der Waals surface area (Å²) >= 11 is 0. The van der Waals surface area contributed by atoms with Crippen molar-refractivity contribution in [3.63, 3.8) is 0 Å². The highest BCUT2D eigenvalue weighted by Gasteiger charge is 2.17. The normalized spacial score (nSPS) is 11.3. The van der Waals surface area contributed by atoms with E-state index in [1.807, 2.05) is 11.5 Å². The third-order valence-electron chi connectivity index (χ3n) is 4.34. The molecule has 0 saturated heterocycles. The van der Waals surface area contributed by atoms with Gasteiger partial charge in [0.2, 0.25) is 0 Å². The molecule has 0 spiro atoms. The van der Waals surface area contributed by atoms with E-state index < -0.39 is 0 Å². The van der Waals surface area contributed by atoms with Gasteiger partial charge in [0.25, 0.3) is 5.56 Å². The van der Waals surface area contributed by atoms with Crippen LogP contribution in [0.15, 0.2) is 15.9 Å². The predicted molar refractivity (Wildman–Crippen MR) is 98.0 cm³/mol. The molecule has 2 aromatic heterocycles. The monoisotopic (exact) mass is 348 g/mol. The number of carbonyl (C=O) groups is 1. The third-order valence-corrected chi connectivity index (χ3v) is 4.34. The van der Waals surface area contributed by atoms with Crippen LogP contribution in [0.2, 0.25) is 0 Å². The lowest BCUT2D eigenvalue weighted by molar-refractivity contribution is -0.117. The molecule has 2 rings (SSSR count). The first-order valence-corrected chi connectivity index (χ1v) is 9.19. The Bertz CT molecular complexity index is 844. The van der Waals surface area contributed by atoms with Crippen LogP contribution in [0.4, 0.5) is 0 Å². The molecule has 2 aromatic rings. The number of ketones is 1. The van der Waals surface area contributed by atoms with E-state index >= 15 is 0 Å². The smallest absolute Gasteiger partial charge is 0.325 e. The summed E-state index contributed by atoms with van der Waals surface area (Å²) < 4.78 is 4.77. The Hall–Kier alpha value is -2.18. The fourth-order valence-corrected chi connectivity index (χ4v) is 3.01. The lowest BCUT2D eigenvalue weighted by Gasteiger charge is -2.12. The molecule has 0 aliphatic heterocycles. The Labute approximate surface area is 147 Å². The van der Waals surface area contributed by atoms with E-state index in [4.69, 9.17) is 0 Å². The molecular formula is C18H28N4O3. The minimum atomic E-state index is -0.296. The maximum Gasteiger partial charge on any atom is 0.332 e. The van der Waals surface area contributed by atoms with E-state index in [1.54, 1.807) is 17.8 Å². The van der Waals surface area contributed by atoms with Crippen LogP contribution in [0.1, 0.15) is 59.3 Å². The number of rotatable bonds is 10. The average Bonchev–Trinajstić information content (AvgIpc) is 2.98. The molecule has 138 valence electrons. The number of Topliss-reactive ketones (excluding diaryl/α,β-unsaturated/α-hetero) is 1. The SMILES string of the molecule is CCCCn1c(=O)n(CCCCC(C)=O)c(=O)c2c1ncn2CCC. The number of aryl methyl sites for hydroxylation is 2. The molecule has 7 nitrogen and oxygen atoms in total. The van der Waals surface area contributed by atoms with Gasteiger partial charge >= 0.3 is 5.69 Å². The van der Waals surface area contributed by atoms with Crippen molar-refractivity contribution < 1.29 is 4.79 Å². The zero-order chi connectivity index (χ0) is 18.4. The Morgan fingerprint density at radius 1 is 1.00 bits per heavy atom. The molecule has 0 unspecified atom stereocenters. The molecule has 0 aromatic carbocycles. The molecule has 0 N–H and O–H groups in total. The summed E-state index contributed by atoms with van der Waals surface area (Å²) in [6, 6.07) is 0. The van der Waals surface area contributed by atoms with Crippen molar-refractivity contribution >= 4 is 16.9 Å². The molecule has 0 bridgehead atoms. The number of nitrogens with zero attached hydrogens (tertiary/aromatic N) is 4. The van der Waals surface area contributed by atoms with Crippen molar-refractivity contribution in [2.24, 2.45) is 0 Å². The maximum absolute atomic E-state index is 12.9. The van der Waals surface area contributed by atoms with Crippen molar-refractivity contribution in [2.45, 2.75) is 78.9 Å². The van der Waals surface area contributed by atoms with Gasteiger partial charge in [0.05, 0.1) is 6.33 Å². The second-order valence-corrected chi connectivity index (χ2v) is 6.51. The molecule has 0 radical (unpaired) electrons. The first-order chi connectivity index (χ1) is 12.0. The van der Waals surface area contributed by atoms with E-state index in [0.717, 1.165) is 19.3 Å². The van der Waals surface area contributed by atoms with Crippen LogP contribution in [0.3, 0.4) is 0 Å². The Kier molecular flexibility index (Phi) is 6.73. The van der Waals surface area contributed by atoms with Gasteiger partial charge in [-0.1, -0.05) is 20.3 Å². The van der Waals surface area contributed by atoms with E-state index in [2.05, 4.69) is 11.9 Å². The number of carbonyl (C=O) groups excluding carboxylic acids is 1. The zero-order valence-electron chi connectivity index (χ0n) is 15.5. The number of hydrogen-bond acceptors (Lipinski definition) is 4. The molecule has 7 heteroatoms. The van der Waals surface area contributed by atoms with Gasteiger partial charge in [-0.15, -0.1) is 0 Å². The van der Waals surface area contributed by atoms with Crippen LogP contribution in [-0.4, -0.2) is 24.5 Å². The van der Waals surface area contributed by atoms with Crippen molar-refractivity contribution in [2.75, 3.05) is 0 Å². The van der Waals surface area contributed by atoms with Gasteiger partial charge in [0.15, 0.2) is 11.2 Å². The van der Waals surface area contributed by atoms with Crippen molar-refractivity contribution in [1.82, 2.24) is 18.7 Å². The summed E-state index contributed by atoms with van der Waals surface area (Å²) in [5, 5.41) is 0. The van der Waals surface area contributed by atoms with Gasteiger partial charge < -0.3 is 9.36 Å². The lowest BCUT2D eigenvalue weighted by Crippen LogP contribution is -2.40. The van der Waals surface area contributed by atoms with Crippen molar-refractivity contribution in [1.29, 1.82) is 0 Å². The summed E-state index contributed by atoms with van der Waals surface area (Å²) in [5.41, 5.74) is 0.415. The number of unbranched alkanes of at least 4 members (excludes halogenated alkanes) is 2.